The molecule has 3 N–H and O–H groups in total. The van der Waals surface area contributed by atoms with Crippen LogP contribution in [0.1, 0.15) is 34.6 Å². The summed E-state index contributed by atoms with van der Waals surface area (Å²) in [6.07, 6.45) is 1.46. The minimum atomic E-state index is -3.61. The molecule has 0 radical (unpaired) electrons. The lowest BCUT2D eigenvalue weighted by molar-refractivity contribution is 0.179. The maximum atomic E-state index is 12.2. The van der Waals surface area contributed by atoms with Crippen LogP contribution in [0.2, 0.25) is 0 Å². The first-order valence-electron chi connectivity index (χ1n) is 7.27. The van der Waals surface area contributed by atoms with Crippen LogP contribution < -0.4 is 10.5 Å². The Balaban J connectivity index is 2.71. The van der Waals surface area contributed by atoms with Gasteiger partial charge in [0.05, 0.1) is 0 Å². The molecule has 0 spiro atoms. The Morgan fingerprint density at radius 3 is 2.33 bits per heavy atom. The topological polar surface area (TPSA) is 93.2 Å². The maximum Gasteiger partial charge on any atom is 0.245 e. The van der Waals surface area contributed by atoms with Gasteiger partial charge in [-0.25, -0.2) is 13.1 Å². The largest absolute Gasteiger partial charge is 0.381 e. The van der Waals surface area contributed by atoms with Gasteiger partial charge in [-0.1, -0.05) is 0 Å². The number of nitrogens with one attached hydrogen (secondary N) is 1. The molecule has 0 unspecified atom stereocenters. The zero-order valence-electron chi connectivity index (χ0n) is 13.5. The average molecular weight is 317 g/mol. The third-order valence-corrected chi connectivity index (χ3v) is 4.83. The van der Waals surface area contributed by atoms with Crippen LogP contribution in [-0.2, 0) is 16.6 Å². The first-order chi connectivity index (χ1) is 9.69. The van der Waals surface area contributed by atoms with E-state index in [9.17, 15) is 8.42 Å². The van der Waals surface area contributed by atoms with Crippen molar-refractivity contribution in [2.24, 2.45) is 0 Å². The first-order valence-corrected chi connectivity index (χ1v) is 8.75. The number of rotatable bonds is 8. The van der Waals surface area contributed by atoms with Gasteiger partial charge < -0.3 is 5.73 Å². The van der Waals surface area contributed by atoms with E-state index in [1.165, 1.54) is 10.9 Å². The predicted molar refractivity (Wildman–Crippen MR) is 84.5 cm³/mol. The van der Waals surface area contributed by atoms with Crippen LogP contribution >= 0.6 is 0 Å². The normalized spacial score (nSPS) is 12.8. The fraction of sp³-hybridized carbons (Fsp3) is 0.769. The van der Waals surface area contributed by atoms with Gasteiger partial charge in [-0.2, -0.15) is 5.10 Å². The number of hydrogen-bond acceptors (Lipinski definition) is 5. The van der Waals surface area contributed by atoms with Crippen LogP contribution in [0.3, 0.4) is 0 Å². The van der Waals surface area contributed by atoms with Gasteiger partial charge in [0, 0.05) is 37.9 Å². The van der Waals surface area contributed by atoms with Gasteiger partial charge in [-0.3, -0.25) is 9.58 Å². The molecule has 7 nitrogen and oxygen atoms in total. The van der Waals surface area contributed by atoms with Gasteiger partial charge in [0.15, 0.2) is 5.82 Å². The van der Waals surface area contributed by atoms with Gasteiger partial charge >= 0.3 is 0 Å². The smallest absolute Gasteiger partial charge is 0.245 e. The maximum absolute atomic E-state index is 12.2. The van der Waals surface area contributed by atoms with Crippen molar-refractivity contribution >= 4 is 15.8 Å². The molecule has 0 aliphatic heterocycles. The Hall–Kier alpha value is -1.12. The standard InChI is InChI=1S/C13H27N5O2S/c1-6-17-9-12(13(14)16-17)21(19,20)15-7-8-18(10(2)3)11(4)5/h9-11,15H,6-8H2,1-5H3,(H2,14,16). The van der Waals surface area contributed by atoms with E-state index < -0.39 is 10.0 Å². The zero-order valence-corrected chi connectivity index (χ0v) is 14.3. The summed E-state index contributed by atoms with van der Waals surface area (Å²) in [5.41, 5.74) is 5.67. The molecule has 1 aromatic rings. The number of aryl methyl sites for hydroxylation is 1. The second-order valence-electron chi connectivity index (χ2n) is 5.56. The summed E-state index contributed by atoms with van der Waals surface area (Å²) in [6, 6.07) is 0.727. The van der Waals surface area contributed by atoms with Crippen LogP contribution in [0.5, 0.6) is 0 Å². The number of nitrogens with zero attached hydrogens (tertiary/aromatic N) is 3. The molecular formula is C13H27N5O2S. The summed E-state index contributed by atoms with van der Waals surface area (Å²) in [5.74, 6) is 0.0360. The highest BCUT2D eigenvalue weighted by molar-refractivity contribution is 7.89. The van der Waals surface area contributed by atoms with Crippen molar-refractivity contribution in [2.45, 2.75) is 58.1 Å². The molecule has 0 aromatic carbocycles. The summed E-state index contributed by atoms with van der Waals surface area (Å²) >= 11 is 0. The summed E-state index contributed by atoms with van der Waals surface area (Å²) < 4.78 is 28.6. The van der Waals surface area contributed by atoms with Crippen LogP contribution in [0.25, 0.3) is 0 Å². The van der Waals surface area contributed by atoms with E-state index in [0.29, 0.717) is 31.7 Å². The van der Waals surface area contributed by atoms with Crippen LogP contribution in [0.4, 0.5) is 5.82 Å². The van der Waals surface area contributed by atoms with Gasteiger partial charge in [0.25, 0.3) is 0 Å². The van der Waals surface area contributed by atoms with Crippen molar-refractivity contribution in [3.63, 3.8) is 0 Å². The number of aromatic nitrogens is 2. The van der Waals surface area contributed by atoms with Crippen molar-refractivity contribution in [3.05, 3.63) is 6.20 Å². The first kappa shape index (κ1) is 17.9. The van der Waals surface area contributed by atoms with E-state index in [2.05, 4.69) is 42.4 Å². The summed E-state index contributed by atoms with van der Waals surface area (Å²) in [5, 5.41) is 3.96. The Bertz CT molecular complexity index is 543. The molecule has 0 amide bonds. The van der Waals surface area contributed by atoms with Gasteiger partial charge in [0.2, 0.25) is 10.0 Å². The average Bonchev–Trinajstić information content (AvgIpc) is 2.75. The van der Waals surface area contributed by atoms with Crippen LogP contribution in [-0.4, -0.2) is 48.3 Å². The number of hydrogen-bond donors (Lipinski definition) is 2. The van der Waals surface area contributed by atoms with E-state index in [4.69, 9.17) is 5.73 Å². The zero-order chi connectivity index (χ0) is 16.2. The lowest BCUT2D eigenvalue weighted by atomic mass is 10.2. The molecule has 1 heterocycles. The molecule has 21 heavy (non-hydrogen) atoms. The highest BCUT2D eigenvalue weighted by atomic mass is 32.2. The second-order valence-corrected chi connectivity index (χ2v) is 7.29. The Morgan fingerprint density at radius 2 is 1.90 bits per heavy atom. The van der Waals surface area contributed by atoms with E-state index >= 15 is 0 Å². The highest BCUT2D eigenvalue weighted by Crippen LogP contribution is 2.15. The molecule has 0 aliphatic carbocycles. The predicted octanol–water partition coefficient (Wildman–Crippen LogP) is 0.882. The highest BCUT2D eigenvalue weighted by Gasteiger charge is 2.21. The van der Waals surface area contributed by atoms with Crippen LogP contribution in [0, 0.1) is 0 Å². The molecule has 0 fully saturated rings. The van der Waals surface area contributed by atoms with E-state index in [1.54, 1.807) is 0 Å². The van der Waals surface area contributed by atoms with Crippen LogP contribution in [0.15, 0.2) is 11.1 Å². The summed E-state index contributed by atoms with van der Waals surface area (Å²) in [4.78, 5) is 2.27. The SMILES string of the molecule is CCn1cc(S(=O)(=O)NCCN(C(C)C)C(C)C)c(N)n1. The molecule has 0 aliphatic rings. The molecule has 0 saturated carbocycles. The Morgan fingerprint density at radius 1 is 1.33 bits per heavy atom. The number of nitrogens with two attached hydrogens (primary N) is 1. The summed E-state index contributed by atoms with van der Waals surface area (Å²) in [6.45, 7) is 11.8. The van der Waals surface area contributed by atoms with Gasteiger partial charge in [-0.05, 0) is 34.6 Å². The lowest BCUT2D eigenvalue weighted by Crippen LogP contribution is -2.42. The van der Waals surface area contributed by atoms with Crippen molar-refractivity contribution in [1.29, 1.82) is 0 Å². The van der Waals surface area contributed by atoms with Crippen molar-refractivity contribution in [1.82, 2.24) is 19.4 Å². The van der Waals surface area contributed by atoms with Crippen molar-refractivity contribution < 1.29 is 8.42 Å². The number of nitrogen functional groups attached to an aromatic ring is 1. The molecule has 8 heteroatoms. The molecule has 1 rings (SSSR count). The van der Waals surface area contributed by atoms with Gasteiger partial charge in [0.1, 0.15) is 4.90 Å². The molecule has 122 valence electrons. The number of sulfonamides is 1. The molecule has 1 aromatic heterocycles. The van der Waals surface area contributed by atoms with E-state index in [-0.39, 0.29) is 10.7 Å². The van der Waals surface area contributed by atoms with Gasteiger partial charge in [-0.15, -0.1) is 0 Å². The van der Waals surface area contributed by atoms with Crippen molar-refractivity contribution in [3.8, 4) is 0 Å². The summed E-state index contributed by atoms with van der Waals surface area (Å²) in [7, 11) is -3.61. The Kier molecular flexibility index (Phi) is 6.18. The fourth-order valence-electron chi connectivity index (χ4n) is 2.29. The van der Waals surface area contributed by atoms with E-state index in [0.717, 1.165) is 0 Å². The molecule has 0 bridgehead atoms. The third-order valence-electron chi connectivity index (χ3n) is 3.36. The quantitative estimate of drug-likeness (QED) is 0.742. The minimum absolute atomic E-state index is 0.0360. The van der Waals surface area contributed by atoms with Crippen molar-refractivity contribution in [2.75, 3.05) is 18.8 Å². The second kappa shape index (κ2) is 7.24. The molecular weight excluding hydrogens is 290 g/mol. The number of anilines is 1. The monoisotopic (exact) mass is 317 g/mol. The Labute approximate surface area is 127 Å². The molecule has 0 saturated heterocycles. The minimum Gasteiger partial charge on any atom is -0.381 e. The lowest BCUT2D eigenvalue weighted by Gasteiger charge is -2.30. The molecule has 0 atom stereocenters. The van der Waals surface area contributed by atoms with E-state index in [1.807, 2.05) is 6.92 Å². The third kappa shape index (κ3) is 4.69. The fourth-order valence-corrected chi connectivity index (χ4v) is 3.38.